The van der Waals surface area contributed by atoms with Gasteiger partial charge < -0.3 is 18.6 Å². The first-order valence-electron chi connectivity index (χ1n) is 14.1. The minimum Gasteiger partial charge on any atom is -0.497 e. The second-order valence-corrected chi connectivity index (χ2v) is 10.0. The van der Waals surface area contributed by atoms with E-state index in [0.717, 1.165) is 87.0 Å². The second kappa shape index (κ2) is 15.0. The van der Waals surface area contributed by atoms with E-state index < -0.39 is 0 Å². The summed E-state index contributed by atoms with van der Waals surface area (Å²) in [5.41, 5.74) is 8.49. The maximum absolute atomic E-state index is 9.00. The second-order valence-electron chi connectivity index (χ2n) is 10.0. The van der Waals surface area contributed by atoms with Crippen LogP contribution in [0.3, 0.4) is 0 Å². The van der Waals surface area contributed by atoms with Crippen LogP contribution < -0.4 is 15.1 Å². The molecule has 3 aromatic carbocycles. The van der Waals surface area contributed by atoms with Gasteiger partial charge in [0.1, 0.15) is 11.5 Å². The molecule has 0 saturated carbocycles. The fraction of sp³-hybridized carbons (Fsp3) is 0.424. The van der Waals surface area contributed by atoms with Crippen LogP contribution in [-0.4, -0.2) is 23.4 Å². The molecule has 6 heteroatoms. The van der Waals surface area contributed by atoms with Crippen molar-refractivity contribution < 1.29 is 9.47 Å². The highest BCUT2D eigenvalue weighted by Gasteiger charge is 2.11. The van der Waals surface area contributed by atoms with Gasteiger partial charge in [-0.05, 0) is 110 Å². The number of aromatic nitrogens is 2. The number of methoxy groups -OCH3 is 2. The molecule has 210 valence electrons. The first kappa shape index (κ1) is 30.6. The zero-order valence-electron chi connectivity index (χ0n) is 24.0. The Hall–Kier alpha value is -2.99. The van der Waals surface area contributed by atoms with Crippen LogP contribution in [0.15, 0.2) is 60.7 Å². The summed E-state index contributed by atoms with van der Waals surface area (Å²) in [6.07, 6.45) is 8.42. The highest BCUT2D eigenvalue weighted by molar-refractivity contribution is 8.93. The minimum atomic E-state index is 0. The van der Waals surface area contributed by atoms with Crippen LogP contribution in [-0.2, 0) is 38.8 Å². The van der Waals surface area contributed by atoms with E-state index in [9.17, 15) is 0 Å². The summed E-state index contributed by atoms with van der Waals surface area (Å²) in [7, 11) is 3.46. The Bertz CT molecular complexity index is 1300. The lowest BCUT2D eigenvalue weighted by atomic mass is 9.99. The lowest BCUT2D eigenvalue weighted by molar-refractivity contribution is 0.414. The number of imidazole rings is 1. The molecule has 1 aromatic heterocycles. The molecule has 0 aliphatic carbocycles. The molecule has 1 heterocycles. The van der Waals surface area contributed by atoms with E-state index >= 15 is 0 Å². The highest BCUT2D eigenvalue weighted by atomic mass is 79.9. The number of rotatable bonds is 14. The van der Waals surface area contributed by atoms with Crippen LogP contribution in [0.1, 0.15) is 61.8 Å². The van der Waals surface area contributed by atoms with Crippen molar-refractivity contribution in [1.29, 1.82) is 5.41 Å². The Labute approximate surface area is 244 Å². The average Bonchev–Trinajstić information content (AvgIpc) is 3.23. The van der Waals surface area contributed by atoms with Crippen LogP contribution in [0, 0.1) is 5.41 Å². The zero-order valence-corrected chi connectivity index (χ0v) is 25.7. The summed E-state index contributed by atoms with van der Waals surface area (Å²) in [4.78, 5) is 0. The molecular formula is C33H44BrN3O2. The van der Waals surface area contributed by atoms with Crippen molar-refractivity contribution in [2.75, 3.05) is 14.2 Å². The van der Waals surface area contributed by atoms with Gasteiger partial charge in [0.05, 0.1) is 25.3 Å². The number of fused-ring (bicyclic) bond motifs is 1. The van der Waals surface area contributed by atoms with Crippen molar-refractivity contribution >= 4 is 28.0 Å². The number of benzene rings is 3. The standard InChI is InChI=1S/C33H43N3O2.BrH/c1-5-25-17-19-29(37-3)23-27(25)13-9-11-21-35-31-15-7-8-16-32(31)36(33(35)34)22-12-10-14-28-24-30(38-4)20-18-26(28)6-2;/h7-8,15-20,23-24,34H,5-6,9-14,21-22H2,1-4H3;1H. The molecule has 0 fully saturated rings. The molecule has 0 aliphatic heterocycles. The monoisotopic (exact) mass is 593 g/mol. The van der Waals surface area contributed by atoms with Crippen LogP contribution in [0.5, 0.6) is 11.5 Å². The van der Waals surface area contributed by atoms with E-state index in [1.165, 1.54) is 22.3 Å². The average molecular weight is 595 g/mol. The molecule has 0 atom stereocenters. The van der Waals surface area contributed by atoms with Crippen LogP contribution in [0.4, 0.5) is 0 Å². The van der Waals surface area contributed by atoms with E-state index in [0.29, 0.717) is 5.62 Å². The third kappa shape index (κ3) is 7.36. The molecule has 0 saturated heterocycles. The van der Waals surface area contributed by atoms with Crippen molar-refractivity contribution in [3.63, 3.8) is 0 Å². The molecule has 0 aliphatic rings. The largest absolute Gasteiger partial charge is 0.497 e. The van der Waals surface area contributed by atoms with Gasteiger partial charge in [-0.1, -0.05) is 38.1 Å². The maximum atomic E-state index is 9.00. The number of nitrogens with zero attached hydrogens (tertiary/aromatic N) is 2. The molecule has 0 bridgehead atoms. The van der Waals surface area contributed by atoms with Gasteiger partial charge in [-0.25, -0.2) is 0 Å². The fourth-order valence-electron chi connectivity index (χ4n) is 5.53. The van der Waals surface area contributed by atoms with Gasteiger partial charge >= 0.3 is 0 Å². The molecule has 4 aromatic rings. The molecule has 5 nitrogen and oxygen atoms in total. The maximum Gasteiger partial charge on any atom is 0.202 e. The van der Waals surface area contributed by atoms with Crippen molar-refractivity contribution in [2.45, 2.75) is 78.3 Å². The lowest BCUT2D eigenvalue weighted by Crippen LogP contribution is -2.25. The number of hydrogen-bond donors (Lipinski definition) is 1. The first-order chi connectivity index (χ1) is 18.6. The summed E-state index contributed by atoms with van der Waals surface area (Å²) in [5, 5.41) is 9.00. The van der Waals surface area contributed by atoms with Crippen molar-refractivity contribution in [1.82, 2.24) is 9.13 Å². The van der Waals surface area contributed by atoms with Gasteiger partial charge in [-0.15, -0.1) is 17.0 Å². The SMILES string of the molecule is Br.CCc1ccc(OC)cc1CCCCn1c(=N)n(CCCCc2cc(OC)ccc2CC)c2ccccc21. The van der Waals surface area contributed by atoms with Gasteiger partial charge in [-0.3, -0.25) is 5.41 Å². The quantitative estimate of drug-likeness (QED) is 0.152. The van der Waals surface area contributed by atoms with Crippen molar-refractivity contribution in [2.24, 2.45) is 0 Å². The van der Waals surface area contributed by atoms with E-state index in [-0.39, 0.29) is 17.0 Å². The molecule has 4 rings (SSSR count). The summed E-state index contributed by atoms with van der Waals surface area (Å²) < 4.78 is 15.3. The number of para-hydroxylation sites is 2. The fourth-order valence-corrected chi connectivity index (χ4v) is 5.53. The van der Waals surface area contributed by atoms with E-state index in [2.05, 4.69) is 83.6 Å². The zero-order chi connectivity index (χ0) is 26.9. The third-order valence-corrected chi connectivity index (χ3v) is 7.72. The Morgan fingerprint density at radius 1 is 0.615 bits per heavy atom. The Kier molecular flexibility index (Phi) is 11.7. The summed E-state index contributed by atoms with van der Waals surface area (Å²) in [5.74, 6) is 1.86. The van der Waals surface area contributed by atoms with Crippen LogP contribution in [0.25, 0.3) is 11.0 Å². The van der Waals surface area contributed by atoms with E-state index in [1.807, 2.05) is 0 Å². The summed E-state index contributed by atoms with van der Waals surface area (Å²) in [6, 6.07) is 21.3. The Balaban J connectivity index is 0.00000420. The van der Waals surface area contributed by atoms with Gasteiger partial charge in [-0.2, -0.15) is 0 Å². The van der Waals surface area contributed by atoms with Crippen LogP contribution >= 0.6 is 17.0 Å². The topological polar surface area (TPSA) is 52.2 Å². The minimum absolute atomic E-state index is 0. The number of aryl methyl sites for hydroxylation is 6. The molecule has 39 heavy (non-hydrogen) atoms. The van der Waals surface area contributed by atoms with Crippen LogP contribution in [0.2, 0.25) is 0 Å². The molecule has 1 N–H and O–H groups in total. The van der Waals surface area contributed by atoms with Crippen molar-refractivity contribution in [3.05, 3.63) is 88.5 Å². The molecular weight excluding hydrogens is 550 g/mol. The molecule has 0 unspecified atom stereocenters. The lowest BCUT2D eigenvalue weighted by Gasteiger charge is -2.11. The van der Waals surface area contributed by atoms with E-state index in [4.69, 9.17) is 14.9 Å². The molecule has 0 amide bonds. The third-order valence-electron chi connectivity index (χ3n) is 7.72. The first-order valence-corrected chi connectivity index (χ1v) is 14.1. The molecule has 0 radical (unpaired) electrons. The molecule has 0 spiro atoms. The summed E-state index contributed by atoms with van der Waals surface area (Å²) >= 11 is 0. The van der Waals surface area contributed by atoms with E-state index in [1.54, 1.807) is 14.2 Å². The number of halogens is 1. The Morgan fingerprint density at radius 2 is 1.05 bits per heavy atom. The number of nitrogens with one attached hydrogen (secondary N) is 1. The number of unbranched alkanes of at least 4 members (excludes halogenated alkanes) is 2. The highest BCUT2D eigenvalue weighted by Crippen LogP contribution is 2.22. The predicted octanol–water partition coefficient (Wildman–Crippen LogP) is 7.69. The number of hydrogen-bond acceptors (Lipinski definition) is 3. The van der Waals surface area contributed by atoms with Gasteiger partial charge in [0.2, 0.25) is 5.62 Å². The van der Waals surface area contributed by atoms with Crippen molar-refractivity contribution in [3.8, 4) is 11.5 Å². The smallest absolute Gasteiger partial charge is 0.202 e. The number of ether oxygens (including phenoxy) is 2. The Morgan fingerprint density at radius 3 is 1.44 bits per heavy atom. The van der Waals surface area contributed by atoms with Gasteiger partial charge in [0, 0.05) is 13.1 Å². The normalized spacial score (nSPS) is 11.0. The summed E-state index contributed by atoms with van der Waals surface area (Å²) in [6.45, 7) is 6.15. The predicted molar refractivity (Wildman–Crippen MR) is 167 cm³/mol. The van der Waals surface area contributed by atoms with Gasteiger partial charge in [0.15, 0.2) is 0 Å². The van der Waals surface area contributed by atoms with Gasteiger partial charge in [0.25, 0.3) is 0 Å².